The van der Waals surface area contributed by atoms with Crippen LogP contribution >= 0.6 is 12.2 Å². The molecule has 2 heterocycles. The largest absolute Gasteiger partial charge is 0.480 e. The molecule has 2 aliphatic heterocycles. The number of fused-ring (bicyclic) bond motifs is 1. The van der Waals surface area contributed by atoms with E-state index in [1.165, 1.54) is 5.01 Å². The standard InChI is InChI=1S/C17H19N3O4S/c21-15(14(25)9-11-5-2-1-3-6-11)18-12-10-19-8-4-7-13(17(23)24)20(19)16(12)22/h1-3,5-6,12-13H,4,7-10H2,(H,18,21)(H,23,24)/t12-,13-/m0/s1. The predicted octanol–water partition coefficient (Wildman–Crippen LogP) is 0.390. The number of carboxylic acids is 1. The van der Waals surface area contributed by atoms with Gasteiger partial charge in [-0.3, -0.25) is 14.6 Å². The maximum atomic E-state index is 12.5. The van der Waals surface area contributed by atoms with Gasteiger partial charge < -0.3 is 10.4 Å². The second kappa shape index (κ2) is 7.28. The highest BCUT2D eigenvalue weighted by Crippen LogP contribution is 2.24. The van der Waals surface area contributed by atoms with Gasteiger partial charge in [-0.25, -0.2) is 9.80 Å². The zero-order chi connectivity index (χ0) is 18.0. The number of hydrogen-bond acceptors (Lipinski definition) is 5. The highest BCUT2D eigenvalue weighted by molar-refractivity contribution is 7.82. The van der Waals surface area contributed by atoms with Gasteiger partial charge >= 0.3 is 5.97 Å². The molecule has 1 aromatic rings. The number of hydrogen-bond donors (Lipinski definition) is 2. The Morgan fingerprint density at radius 2 is 2.00 bits per heavy atom. The Kier molecular flexibility index (Phi) is 5.10. The molecular weight excluding hydrogens is 342 g/mol. The van der Waals surface area contributed by atoms with Crippen molar-refractivity contribution in [2.45, 2.75) is 31.3 Å². The Morgan fingerprint density at radius 3 is 2.68 bits per heavy atom. The molecule has 3 rings (SSSR count). The highest BCUT2D eigenvalue weighted by Gasteiger charge is 2.46. The van der Waals surface area contributed by atoms with E-state index in [9.17, 15) is 19.5 Å². The van der Waals surface area contributed by atoms with Gasteiger partial charge in [-0.1, -0.05) is 42.5 Å². The molecule has 132 valence electrons. The van der Waals surface area contributed by atoms with E-state index in [-0.39, 0.29) is 17.3 Å². The van der Waals surface area contributed by atoms with Crippen molar-refractivity contribution in [1.82, 2.24) is 15.3 Å². The summed E-state index contributed by atoms with van der Waals surface area (Å²) in [6, 6.07) is 7.75. The number of carbonyl (C=O) groups is 3. The third kappa shape index (κ3) is 3.69. The lowest BCUT2D eigenvalue weighted by molar-refractivity contribution is -0.164. The van der Waals surface area contributed by atoms with Crippen LogP contribution in [0.5, 0.6) is 0 Å². The van der Waals surface area contributed by atoms with Gasteiger partial charge in [-0.15, -0.1) is 0 Å². The molecule has 2 N–H and O–H groups in total. The third-order valence-corrected chi connectivity index (χ3v) is 4.79. The summed E-state index contributed by atoms with van der Waals surface area (Å²) in [5.41, 5.74) is 0.924. The summed E-state index contributed by atoms with van der Waals surface area (Å²) >= 11 is 5.18. The molecule has 2 fully saturated rings. The van der Waals surface area contributed by atoms with Gasteiger partial charge in [0.1, 0.15) is 12.1 Å². The Balaban J connectivity index is 1.63. The monoisotopic (exact) mass is 361 g/mol. The van der Waals surface area contributed by atoms with Crippen LogP contribution in [0, 0.1) is 0 Å². The summed E-state index contributed by atoms with van der Waals surface area (Å²) in [5.74, 6) is -1.86. The van der Waals surface area contributed by atoms with Gasteiger partial charge in [0.25, 0.3) is 11.8 Å². The minimum Gasteiger partial charge on any atom is -0.480 e. The first kappa shape index (κ1) is 17.5. The summed E-state index contributed by atoms with van der Waals surface area (Å²) < 4.78 is 0. The second-order valence-corrected chi connectivity index (χ2v) is 6.70. The highest BCUT2D eigenvalue weighted by atomic mass is 32.1. The van der Waals surface area contributed by atoms with Gasteiger partial charge in [0.05, 0.1) is 4.86 Å². The van der Waals surface area contributed by atoms with Crippen molar-refractivity contribution in [1.29, 1.82) is 0 Å². The summed E-state index contributed by atoms with van der Waals surface area (Å²) in [6.45, 7) is 0.888. The summed E-state index contributed by atoms with van der Waals surface area (Å²) in [6.07, 6.45) is 1.45. The molecule has 2 aliphatic rings. The van der Waals surface area contributed by atoms with Crippen LogP contribution in [0.2, 0.25) is 0 Å². The SMILES string of the molecule is O=C(N[C@H]1CN2CCC[C@@H](C(=O)O)N2C1=O)C(=S)Cc1ccccc1. The third-order valence-electron chi connectivity index (χ3n) is 4.46. The molecule has 0 radical (unpaired) electrons. The molecule has 1 aromatic carbocycles. The number of thiocarbonyl (C=S) groups is 1. The molecule has 0 bridgehead atoms. The number of aliphatic carboxylic acids is 1. The van der Waals surface area contributed by atoms with E-state index in [4.69, 9.17) is 12.2 Å². The number of carbonyl (C=O) groups excluding carboxylic acids is 2. The molecule has 8 heteroatoms. The van der Waals surface area contributed by atoms with Crippen molar-refractivity contribution in [3.63, 3.8) is 0 Å². The minimum absolute atomic E-state index is 0.202. The lowest BCUT2D eigenvalue weighted by atomic mass is 10.1. The van der Waals surface area contributed by atoms with Gasteiger partial charge in [-0.2, -0.15) is 0 Å². The number of nitrogens with zero attached hydrogens (tertiary/aromatic N) is 2. The van der Waals surface area contributed by atoms with Crippen LogP contribution < -0.4 is 5.32 Å². The molecule has 0 unspecified atom stereocenters. The maximum Gasteiger partial charge on any atom is 0.328 e. The van der Waals surface area contributed by atoms with Crippen molar-refractivity contribution < 1.29 is 19.5 Å². The summed E-state index contributed by atoms with van der Waals surface area (Å²) in [5, 5.41) is 14.9. The van der Waals surface area contributed by atoms with E-state index in [1.54, 1.807) is 5.01 Å². The van der Waals surface area contributed by atoms with Crippen LogP contribution in [0.4, 0.5) is 0 Å². The van der Waals surface area contributed by atoms with Gasteiger partial charge in [0.2, 0.25) is 0 Å². The first-order valence-corrected chi connectivity index (χ1v) is 8.56. The fraction of sp³-hybridized carbons (Fsp3) is 0.412. The normalized spacial score (nSPS) is 23.2. The average molecular weight is 361 g/mol. The van der Waals surface area contributed by atoms with E-state index >= 15 is 0 Å². The quantitative estimate of drug-likeness (QED) is 0.738. The van der Waals surface area contributed by atoms with Crippen LogP contribution in [-0.2, 0) is 20.8 Å². The van der Waals surface area contributed by atoms with E-state index in [1.807, 2.05) is 30.3 Å². The van der Waals surface area contributed by atoms with E-state index in [0.29, 0.717) is 25.8 Å². The topological polar surface area (TPSA) is 89.9 Å². The molecule has 2 atom stereocenters. The van der Waals surface area contributed by atoms with Crippen molar-refractivity contribution in [2.75, 3.05) is 13.1 Å². The molecule has 0 saturated carbocycles. The first-order valence-electron chi connectivity index (χ1n) is 8.15. The molecule has 7 nitrogen and oxygen atoms in total. The zero-order valence-corrected chi connectivity index (χ0v) is 14.4. The van der Waals surface area contributed by atoms with E-state index in [2.05, 4.69) is 5.32 Å². The van der Waals surface area contributed by atoms with Crippen molar-refractivity contribution in [2.24, 2.45) is 0 Å². The van der Waals surface area contributed by atoms with E-state index < -0.39 is 24.0 Å². The molecule has 25 heavy (non-hydrogen) atoms. The Hall–Kier alpha value is -2.32. The van der Waals surface area contributed by atoms with Crippen LogP contribution in [0.15, 0.2) is 30.3 Å². The number of carboxylic acid groups (broad SMARTS) is 1. The Labute approximate surface area is 150 Å². The lowest BCUT2D eigenvalue weighted by Gasteiger charge is -2.36. The van der Waals surface area contributed by atoms with Gasteiger partial charge in [-0.05, 0) is 18.4 Å². The first-order chi connectivity index (χ1) is 12.0. The number of nitrogens with one attached hydrogen (secondary N) is 1. The number of hydrazine groups is 1. The fourth-order valence-electron chi connectivity index (χ4n) is 3.25. The van der Waals surface area contributed by atoms with Crippen LogP contribution in [0.25, 0.3) is 0 Å². The number of amides is 2. The van der Waals surface area contributed by atoms with Crippen LogP contribution in [0.3, 0.4) is 0 Å². The van der Waals surface area contributed by atoms with Gasteiger partial charge in [0.15, 0.2) is 0 Å². The smallest absolute Gasteiger partial charge is 0.328 e. The molecule has 0 aliphatic carbocycles. The lowest BCUT2D eigenvalue weighted by Crippen LogP contribution is -2.54. The van der Waals surface area contributed by atoms with Crippen LogP contribution in [-0.4, -0.2) is 62.9 Å². The summed E-state index contributed by atoms with van der Waals surface area (Å²) in [7, 11) is 0. The predicted molar refractivity (Wildman–Crippen MR) is 93.8 cm³/mol. The fourth-order valence-corrected chi connectivity index (χ4v) is 3.48. The average Bonchev–Trinajstić information content (AvgIpc) is 2.91. The van der Waals surface area contributed by atoms with Crippen molar-refractivity contribution in [3.05, 3.63) is 35.9 Å². The van der Waals surface area contributed by atoms with Crippen LogP contribution in [0.1, 0.15) is 18.4 Å². The zero-order valence-electron chi connectivity index (χ0n) is 13.6. The number of rotatable bonds is 5. The number of benzene rings is 1. The summed E-state index contributed by atoms with van der Waals surface area (Å²) in [4.78, 5) is 36.4. The van der Waals surface area contributed by atoms with E-state index in [0.717, 1.165) is 5.56 Å². The van der Waals surface area contributed by atoms with Crippen molar-refractivity contribution in [3.8, 4) is 0 Å². The molecule has 2 saturated heterocycles. The molecule has 0 aromatic heterocycles. The minimum atomic E-state index is -1.02. The molecule has 0 spiro atoms. The maximum absolute atomic E-state index is 12.5. The van der Waals surface area contributed by atoms with Gasteiger partial charge in [0, 0.05) is 19.5 Å². The van der Waals surface area contributed by atoms with Crippen molar-refractivity contribution >= 4 is 34.9 Å². The second-order valence-electron chi connectivity index (χ2n) is 6.20. The molecular formula is C17H19N3O4S. The molecule has 2 amide bonds. The Morgan fingerprint density at radius 1 is 1.28 bits per heavy atom. The Bertz CT molecular complexity index is 709.